The third-order valence-electron chi connectivity index (χ3n) is 5.10. The zero-order valence-electron chi connectivity index (χ0n) is 14.5. The van der Waals surface area contributed by atoms with Crippen molar-refractivity contribution in [2.24, 2.45) is 5.92 Å². The van der Waals surface area contributed by atoms with E-state index in [9.17, 15) is 14.7 Å². The first-order valence-electron chi connectivity index (χ1n) is 8.51. The van der Waals surface area contributed by atoms with E-state index < -0.39 is 17.4 Å². The van der Waals surface area contributed by atoms with E-state index >= 15 is 0 Å². The molecular formula is C19H23NO5. The van der Waals surface area contributed by atoms with Crippen molar-refractivity contribution in [2.45, 2.75) is 44.8 Å². The fourth-order valence-corrected chi connectivity index (χ4v) is 3.77. The van der Waals surface area contributed by atoms with Crippen LogP contribution in [0.2, 0.25) is 0 Å². The standard InChI is InChI=1S/C19H23NO5/c1-19(10-6-5-8-14(19)18(22)23)20-17(21)16-13(11-24-2)12-7-3-4-9-15(12)25-16/h3-4,7,9,14H,5-6,8,10-11H2,1-2H3,(H,20,21)(H,22,23). The molecule has 0 radical (unpaired) electrons. The van der Waals surface area contributed by atoms with Gasteiger partial charge >= 0.3 is 5.97 Å². The summed E-state index contributed by atoms with van der Waals surface area (Å²) in [4.78, 5) is 24.5. The first kappa shape index (κ1) is 17.5. The summed E-state index contributed by atoms with van der Waals surface area (Å²) in [7, 11) is 1.56. The number of methoxy groups -OCH3 is 1. The summed E-state index contributed by atoms with van der Waals surface area (Å²) in [6.45, 7) is 2.06. The summed E-state index contributed by atoms with van der Waals surface area (Å²) in [6, 6.07) is 7.40. The quantitative estimate of drug-likeness (QED) is 0.867. The van der Waals surface area contributed by atoms with E-state index in [1.807, 2.05) is 25.1 Å². The lowest BCUT2D eigenvalue weighted by Gasteiger charge is -2.39. The summed E-state index contributed by atoms with van der Waals surface area (Å²) in [5, 5.41) is 13.3. The van der Waals surface area contributed by atoms with Crippen LogP contribution in [-0.2, 0) is 16.1 Å². The van der Waals surface area contributed by atoms with Gasteiger partial charge in [0.1, 0.15) is 5.58 Å². The number of ether oxygens (including phenoxy) is 1. The van der Waals surface area contributed by atoms with Crippen molar-refractivity contribution in [1.82, 2.24) is 5.32 Å². The molecule has 6 nitrogen and oxygen atoms in total. The van der Waals surface area contributed by atoms with Gasteiger partial charge < -0.3 is 19.6 Å². The third kappa shape index (κ3) is 3.26. The molecule has 3 rings (SSSR count). The molecule has 1 fully saturated rings. The summed E-state index contributed by atoms with van der Waals surface area (Å²) in [5.41, 5.74) is 0.509. The number of nitrogens with one attached hydrogen (secondary N) is 1. The van der Waals surface area contributed by atoms with Crippen molar-refractivity contribution >= 4 is 22.8 Å². The summed E-state index contributed by atoms with van der Waals surface area (Å²) in [6.07, 6.45) is 2.96. The van der Waals surface area contributed by atoms with Crippen LogP contribution in [0.1, 0.15) is 48.7 Å². The molecule has 0 aliphatic heterocycles. The number of carboxylic acids is 1. The van der Waals surface area contributed by atoms with Gasteiger partial charge in [-0.1, -0.05) is 31.0 Å². The number of amides is 1. The highest BCUT2D eigenvalue weighted by Crippen LogP contribution is 2.35. The second-order valence-corrected chi connectivity index (χ2v) is 6.85. The lowest BCUT2D eigenvalue weighted by atomic mass is 9.74. The Bertz CT molecular complexity index is 796. The van der Waals surface area contributed by atoms with Crippen molar-refractivity contribution in [3.8, 4) is 0 Å². The van der Waals surface area contributed by atoms with Crippen molar-refractivity contribution in [1.29, 1.82) is 0 Å². The monoisotopic (exact) mass is 345 g/mol. The fourth-order valence-electron chi connectivity index (χ4n) is 3.77. The molecule has 1 aromatic heterocycles. The molecule has 6 heteroatoms. The lowest BCUT2D eigenvalue weighted by Crippen LogP contribution is -2.55. The maximum atomic E-state index is 12.9. The van der Waals surface area contributed by atoms with Crippen LogP contribution in [0.4, 0.5) is 0 Å². The molecule has 1 aliphatic rings. The predicted molar refractivity (Wildman–Crippen MR) is 92.4 cm³/mol. The number of aliphatic carboxylic acids is 1. The molecule has 0 spiro atoms. The molecule has 2 unspecified atom stereocenters. The second kappa shape index (κ2) is 6.88. The average Bonchev–Trinajstić information content (AvgIpc) is 2.94. The fraction of sp³-hybridized carbons (Fsp3) is 0.474. The van der Waals surface area contributed by atoms with Crippen LogP contribution in [0.5, 0.6) is 0 Å². The van der Waals surface area contributed by atoms with E-state index in [0.29, 0.717) is 24.0 Å². The number of fused-ring (bicyclic) bond motifs is 1. The smallest absolute Gasteiger partial charge is 0.308 e. The third-order valence-corrected chi connectivity index (χ3v) is 5.10. The molecule has 0 saturated heterocycles. The number of hydrogen-bond donors (Lipinski definition) is 2. The van der Waals surface area contributed by atoms with E-state index in [4.69, 9.17) is 9.15 Å². The van der Waals surface area contributed by atoms with E-state index in [1.165, 1.54) is 0 Å². The molecule has 0 bridgehead atoms. The van der Waals surface area contributed by atoms with E-state index in [2.05, 4.69) is 5.32 Å². The minimum atomic E-state index is -0.871. The van der Waals surface area contributed by atoms with E-state index in [-0.39, 0.29) is 18.3 Å². The largest absolute Gasteiger partial charge is 0.481 e. The van der Waals surface area contributed by atoms with Crippen LogP contribution in [0, 0.1) is 5.92 Å². The average molecular weight is 345 g/mol. The van der Waals surface area contributed by atoms with E-state index in [1.54, 1.807) is 13.2 Å². The number of hydrogen-bond acceptors (Lipinski definition) is 4. The molecule has 1 saturated carbocycles. The highest BCUT2D eigenvalue weighted by Gasteiger charge is 2.43. The normalized spacial score (nSPS) is 23.5. The number of rotatable bonds is 5. The molecule has 25 heavy (non-hydrogen) atoms. The van der Waals surface area contributed by atoms with Crippen LogP contribution in [-0.4, -0.2) is 29.6 Å². The Morgan fingerprint density at radius 2 is 2.12 bits per heavy atom. The Labute approximate surface area is 146 Å². The number of para-hydroxylation sites is 1. The van der Waals surface area contributed by atoms with Crippen molar-refractivity contribution in [2.75, 3.05) is 7.11 Å². The molecule has 1 heterocycles. The van der Waals surface area contributed by atoms with Gasteiger partial charge in [-0.3, -0.25) is 9.59 Å². The first-order chi connectivity index (χ1) is 12.0. The van der Waals surface area contributed by atoms with Crippen LogP contribution < -0.4 is 5.32 Å². The number of benzene rings is 1. The van der Waals surface area contributed by atoms with Crippen LogP contribution in [0.3, 0.4) is 0 Å². The summed E-state index contributed by atoms with van der Waals surface area (Å²) >= 11 is 0. The van der Waals surface area contributed by atoms with Gasteiger partial charge in [-0.05, 0) is 25.8 Å². The number of carbonyl (C=O) groups excluding carboxylic acids is 1. The molecule has 1 aliphatic carbocycles. The minimum Gasteiger partial charge on any atom is -0.481 e. The van der Waals surface area contributed by atoms with Gasteiger partial charge in [0.25, 0.3) is 5.91 Å². The zero-order valence-corrected chi connectivity index (χ0v) is 14.5. The molecule has 2 atom stereocenters. The lowest BCUT2D eigenvalue weighted by molar-refractivity contribution is -0.145. The Morgan fingerprint density at radius 3 is 2.84 bits per heavy atom. The Kier molecular flexibility index (Phi) is 4.81. The van der Waals surface area contributed by atoms with Crippen molar-refractivity contribution < 1.29 is 23.8 Å². The van der Waals surface area contributed by atoms with Crippen LogP contribution in [0.15, 0.2) is 28.7 Å². The minimum absolute atomic E-state index is 0.194. The van der Waals surface area contributed by atoms with Gasteiger partial charge in [-0.25, -0.2) is 0 Å². The van der Waals surface area contributed by atoms with Crippen LogP contribution in [0.25, 0.3) is 11.0 Å². The zero-order chi connectivity index (χ0) is 18.0. The molecule has 134 valence electrons. The Hall–Kier alpha value is -2.34. The molecule has 2 aromatic rings. The van der Waals surface area contributed by atoms with Gasteiger partial charge in [0.05, 0.1) is 18.1 Å². The number of carbonyl (C=O) groups is 2. The van der Waals surface area contributed by atoms with E-state index in [0.717, 1.165) is 18.2 Å². The number of furan rings is 1. The summed E-state index contributed by atoms with van der Waals surface area (Å²) < 4.78 is 11.0. The van der Waals surface area contributed by atoms with Gasteiger partial charge in [-0.2, -0.15) is 0 Å². The SMILES string of the molecule is COCc1c(C(=O)NC2(C)CCCCC2C(=O)O)oc2ccccc12. The maximum absolute atomic E-state index is 12.9. The molecule has 2 N–H and O–H groups in total. The molecular weight excluding hydrogens is 322 g/mol. The van der Waals surface area contributed by atoms with Crippen molar-refractivity contribution in [3.63, 3.8) is 0 Å². The first-order valence-corrected chi connectivity index (χ1v) is 8.51. The predicted octanol–water partition coefficient (Wildman–Crippen LogP) is 3.34. The Balaban J connectivity index is 1.94. The second-order valence-electron chi connectivity index (χ2n) is 6.85. The Morgan fingerprint density at radius 1 is 1.36 bits per heavy atom. The van der Waals surface area contributed by atoms with Gasteiger partial charge in [0.2, 0.25) is 0 Å². The summed E-state index contributed by atoms with van der Waals surface area (Å²) in [5.74, 6) is -1.66. The highest BCUT2D eigenvalue weighted by molar-refractivity contribution is 5.99. The topological polar surface area (TPSA) is 88.8 Å². The van der Waals surface area contributed by atoms with Gasteiger partial charge in [-0.15, -0.1) is 0 Å². The van der Waals surface area contributed by atoms with Crippen molar-refractivity contribution in [3.05, 3.63) is 35.6 Å². The highest BCUT2D eigenvalue weighted by atomic mass is 16.5. The van der Waals surface area contributed by atoms with Gasteiger partial charge in [0.15, 0.2) is 5.76 Å². The molecule has 1 amide bonds. The maximum Gasteiger partial charge on any atom is 0.308 e. The number of carboxylic acid groups (broad SMARTS) is 1. The molecule has 1 aromatic carbocycles. The van der Waals surface area contributed by atoms with Gasteiger partial charge in [0, 0.05) is 18.1 Å². The van der Waals surface area contributed by atoms with Crippen LogP contribution >= 0.6 is 0 Å².